The van der Waals surface area contributed by atoms with Gasteiger partial charge in [-0.3, -0.25) is 0 Å². The Labute approximate surface area is 117 Å². The highest BCUT2D eigenvalue weighted by molar-refractivity contribution is 6.30. The molecule has 3 rings (SSSR count). The Bertz CT molecular complexity index is 582. The van der Waals surface area contributed by atoms with E-state index in [2.05, 4.69) is 14.8 Å². The molecule has 1 N–H and O–H groups in total. The Morgan fingerprint density at radius 1 is 1.37 bits per heavy atom. The van der Waals surface area contributed by atoms with E-state index >= 15 is 0 Å². The van der Waals surface area contributed by atoms with Crippen molar-refractivity contribution in [1.29, 1.82) is 0 Å². The fraction of sp³-hybridized carbons (Fsp3) is 0.429. The number of benzene rings is 1. The van der Waals surface area contributed by atoms with Crippen LogP contribution in [0.25, 0.3) is 0 Å². The number of nitrogens with zero attached hydrogens (tertiary/aromatic N) is 3. The molecule has 0 amide bonds. The molecule has 0 fully saturated rings. The highest BCUT2D eigenvalue weighted by Crippen LogP contribution is 2.21. The molecule has 100 valence electrons. The second-order valence-corrected chi connectivity index (χ2v) is 5.47. The summed E-state index contributed by atoms with van der Waals surface area (Å²) in [5.41, 5.74) is 1.13. The molecule has 2 aromatic rings. The van der Waals surface area contributed by atoms with Crippen LogP contribution in [0.15, 0.2) is 24.3 Å². The number of hydrogen-bond acceptors (Lipinski definition) is 3. The molecule has 1 aliphatic heterocycles. The van der Waals surface area contributed by atoms with Crippen LogP contribution < -0.4 is 0 Å². The van der Waals surface area contributed by atoms with Gasteiger partial charge in [-0.05, 0) is 24.1 Å². The zero-order chi connectivity index (χ0) is 13.2. The van der Waals surface area contributed by atoms with Gasteiger partial charge in [0.15, 0.2) is 0 Å². The third kappa shape index (κ3) is 2.65. The number of aryl methyl sites for hydroxylation is 1. The fourth-order valence-corrected chi connectivity index (χ4v) is 2.77. The summed E-state index contributed by atoms with van der Waals surface area (Å²) in [6, 6.07) is 7.81. The van der Waals surface area contributed by atoms with Crippen LogP contribution in [0.2, 0.25) is 5.02 Å². The van der Waals surface area contributed by atoms with Gasteiger partial charge in [0.2, 0.25) is 0 Å². The molecule has 1 atom stereocenters. The van der Waals surface area contributed by atoms with Crippen LogP contribution in [-0.2, 0) is 19.4 Å². The first-order chi connectivity index (χ1) is 9.26. The average Bonchev–Trinajstić information content (AvgIpc) is 2.81. The maximum absolute atomic E-state index is 9.30. The van der Waals surface area contributed by atoms with Gasteiger partial charge in [0.25, 0.3) is 0 Å². The number of aliphatic hydroxyl groups is 1. The van der Waals surface area contributed by atoms with Crippen molar-refractivity contribution >= 4 is 11.6 Å². The minimum absolute atomic E-state index is 0.230. The monoisotopic (exact) mass is 277 g/mol. The second-order valence-electron chi connectivity index (χ2n) is 5.04. The topological polar surface area (TPSA) is 50.9 Å². The molecule has 1 aromatic heterocycles. The highest BCUT2D eigenvalue weighted by Gasteiger charge is 2.22. The standard InChI is InChI=1S/C14H16ClN3O/c15-12-3-1-2-10(6-12)7-14-17-16-13-5-4-11(9-19)8-18(13)14/h1-3,6,11,19H,4-5,7-9H2. The second kappa shape index (κ2) is 5.31. The van der Waals surface area contributed by atoms with Crippen LogP contribution in [0.4, 0.5) is 0 Å². The number of fused-ring (bicyclic) bond motifs is 1. The minimum Gasteiger partial charge on any atom is -0.396 e. The van der Waals surface area contributed by atoms with Gasteiger partial charge in [0, 0.05) is 36.9 Å². The van der Waals surface area contributed by atoms with Gasteiger partial charge < -0.3 is 9.67 Å². The number of aromatic nitrogens is 3. The first-order valence-corrected chi connectivity index (χ1v) is 6.90. The summed E-state index contributed by atoms with van der Waals surface area (Å²) in [5, 5.41) is 18.6. The number of hydrogen-bond donors (Lipinski definition) is 1. The normalized spacial score (nSPS) is 18.3. The third-order valence-electron chi connectivity index (χ3n) is 3.63. The van der Waals surface area contributed by atoms with Crippen LogP contribution in [0.1, 0.15) is 23.6 Å². The van der Waals surface area contributed by atoms with Gasteiger partial charge in [-0.2, -0.15) is 0 Å². The first kappa shape index (κ1) is 12.6. The average molecular weight is 278 g/mol. The molecule has 0 spiro atoms. The molecule has 1 aromatic carbocycles. The van der Waals surface area contributed by atoms with Crippen LogP contribution in [0, 0.1) is 5.92 Å². The Hall–Kier alpha value is -1.39. The van der Waals surface area contributed by atoms with E-state index < -0.39 is 0 Å². The number of halogens is 1. The zero-order valence-electron chi connectivity index (χ0n) is 10.6. The van der Waals surface area contributed by atoms with Crippen molar-refractivity contribution in [1.82, 2.24) is 14.8 Å². The molecule has 0 radical (unpaired) electrons. The summed E-state index contributed by atoms with van der Waals surface area (Å²) in [6.45, 7) is 1.04. The molecule has 19 heavy (non-hydrogen) atoms. The lowest BCUT2D eigenvalue weighted by molar-refractivity contribution is 0.189. The Morgan fingerprint density at radius 2 is 2.26 bits per heavy atom. The van der Waals surface area contributed by atoms with Crippen LogP contribution >= 0.6 is 11.6 Å². The fourth-order valence-electron chi connectivity index (χ4n) is 2.56. The van der Waals surface area contributed by atoms with Crippen molar-refractivity contribution in [2.45, 2.75) is 25.8 Å². The van der Waals surface area contributed by atoms with Gasteiger partial charge in [-0.15, -0.1) is 10.2 Å². The highest BCUT2D eigenvalue weighted by atomic mass is 35.5. The quantitative estimate of drug-likeness (QED) is 0.934. The van der Waals surface area contributed by atoms with E-state index in [0.717, 1.165) is 48.0 Å². The molecule has 5 heteroatoms. The van der Waals surface area contributed by atoms with Crippen molar-refractivity contribution in [3.8, 4) is 0 Å². The smallest absolute Gasteiger partial charge is 0.137 e. The third-order valence-corrected chi connectivity index (χ3v) is 3.87. The lowest BCUT2D eigenvalue weighted by Gasteiger charge is -2.22. The largest absolute Gasteiger partial charge is 0.396 e. The van der Waals surface area contributed by atoms with E-state index in [4.69, 9.17) is 11.6 Å². The van der Waals surface area contributed by atoms with Crippen LogP contribution in [0.3, 0.4) is 0 Å². The summed E-state index contributed by atoms with van der Waals surface area (Å²) < 4.78 is 2.14. The molecule has 2 heterocycles. The summed E-state index contributed by atoms with van der Waals surface area (Å²) >= 11 is 6.00. The Kier molecular flexibility index (Phi) is 3.53. The Balaban J connectivity index is 1.85. The van der Waals surface area contributed by atoms with Crippen molar-refractivity contribution < 1.29 is 5.11 Å². The van der Waals surface area contributed by atoms with E-state index in [1.54, 1.807) is 0 Å². The molecule has 4 nitrogen and oxygen atoms in total. The van der Waals surface area contributed by atoms with E-state index in [0.29, 0.717) is 5.92 Å². The van der Waals surface area contributed by atoms with Crippen molar-refractivity contribution in [2.75, 3.05) is 6.61 Å². The summed E-state index contributed by atoms with van der Waals surface area (Å²) in [7, 11) is 0. The van der Waals surface area contributed by atoms with Gasteiger partial charge >= 0.3 is 0 Å². The van der Waals surface area contributed by atoms with Gasteiger partial charge in [-0.1, -0.05) is 23.7 Å². The molecule has 0 saturated heterocycles. The van der Waals surface area contributed by atoms with E-state index in [-0.39, 0.29) is 6.61 Å². The van der Waals surface area contributed by atoms with E-state index in [1.807, 2.05) is 24.3 Å². The molecule has 1 unspecified atom stereocenters. The van der Waals surface area contributed by atoms with Gasteiger partial charge in [-0.25, -0.2) is 0 Å². The lowest BCUT2D eigenvalue weighted by Crippen LogP contribution is -2.24. The molecular weight excluding hydrogens is 262 g/mol. The number of aliphatic hydroxyl groups excluding tert-OH is 1. The lowest BCUT2D eigenvalue weighted by atomic mass is 10.00. The molecule has 1 aliphatic rings. The first-order valence-electron chi connectivity index (χ1n) is 6.52. The van der Waals surface area contributed by atoms with Gasteiger partial charge in [0.05, 0.1) is 0 Å². The summed E-state index contributed by atoms with van der Waals surface area (Å²) in [5.74, 6) is 2.30. The predicted octanol–water partition coefficient (Wildman–Crippen LogP) is 2.08. The predicted molar refractivity (Wildman–Crippen MR) is 73.2 cm³/mol. The van der Waals surface area contributed by atoms with E-state index in [9.17, 15) is 5.11 Å². The molecule has 0 bridgehead atoms. The van der Waals surface area contributed by atoms with Crippen LogP contribution in [-0.4, -0.2) is 26.5 Å². The van der Waals surface area contributed by atoms with E-state index in [1.165, 1.54) is 0 Å². The minimum atomic E-state index is 0.230. The van der Waals surface area contributed by atoms with Crippen molar-refractivity contribution in [3.63, 3.8) is 0 Å². The summed E-state index contributed by atoms with van der Waals surface area (Å²) in [6.07, 6.45) is 2.62. The maximum atomic E-state index is 9.30. The number of rotatable bonds is 3. The molecule has 0 aliphatic carbocycles. The molecular formula is C14H16ClN3O. The van der Waals surface area contributed by atoms with Crippen molar-refractivity contribution in [2.24, 2.45) is 5.92 Å². The van der Waals surface area contributed by atoms with Gasteiger partial charge in [0.1, 0.15) is 11.6 Å². The SMILES string of the molecule is OCC1CCc2nnc(Cc3cccc(Cl)c3)n2C1. The maximum Gasteiger partial charge on any atom is 0.137 e. The van der Waals surface area contributed by atoms with Crippen LogP contribution in [0.5, 0.6) is 0 Å². The zero-order valence-corrected chi connectivity index (χ0v) is 11.3. The molecule has 0 saturated carbocycles. The Morgan fingerprint density at radius 3 is 3.05 bits per heavy atom. The van der Waals surface area contributed by atoms with Crippen molar-refractivity contribution in [3.05, 3.63) is 46.5 Å². The summed E-state index contributed by atoms with van der Waals surface area (Å²) in [4.78, 5) is 0.